The Kier molecular flexibility index (Phi) is 1.34. The first-order chi connectivity index (χ1) is 4.22. The van der Waals surface area contributed by atoms with Crippen LogP contribution in [0.1, 0.15) is 11.3 Å². The summed E-state index contributed by atoms with van der Waals surface area (Å²) in [7, 11) is 0. The quantitative estimate of drug-likeness (QED) is 0.511. The molecule has 0 aliphatic rings. The molecule has 1 aromatic rings. The number of rotatable bonds is 0. The molecule has 0 radical (unpaired) electrons. The monoisotopic (exact) mass is 125 g/mol. The van der Waals surface area contributed by atoms with Gasteiger partial charge in [-0.25, -0.2) is 9.78 Å². The predicted molar refractivity (Wildman–Crippen MR) is 32.2 cm³/mol. The molecule has 0 aromatic carbocycles. The van der Waals surface area contributed by atoms with Crippen LogP contribution < -0.4 is 5.63 Å². The van der Waals surface area contributed by atoms with Crippen LogP contribution in [0.25, 0.3) is 0 Å². The van der Waals surface area contributed by atoms with Crippen LogP contribution in [0.4, 0.5) is 0 Å². The molecule has 0 fully saturated rings. The molecule has 1 heterocycles. The van der Waals surface area contributed by atoms with E-state index < -0.39 is 0 Å². The van der Waals surface area contributed by atoms with Gasteiger partial charge in [0.05, 0.1) is 11.3 Å². The molecule has 0 N–H and O–H groups in total. The SMILES string of the molecule is Cc1ncoc(=O)c1C. The number of hydrogen-bond donors (Lipinski definition) is 0. The van der Waals surface area contributed by atoms with E-state index in [1.165, 1.54) is 0 Å². The lowest BCUT2D eigenvalue weighted by atomic mass is 10.3. The van der Waals surface area contributed by atoms with E-state index in [9.17, 15) is 4.79 Å². The number of nitrogens with zero attached hydrogens (tertiary/aromatic N) is 1. The molecule has 0 unspecified atom stereocenters. The third kappa shape index (κ3) is 0.988. The van der Waals surface area contributed by atoms with Gasteiger partial charge in [0.15, 0.2) is 6.39 Å². The molecule has 0 saturated heterocycles. The van der Waals surface area contributed by atoms with E-state index in [4.69, 9.17) is 0 Å². The van der Waals surface area contributed by atoms with E-state index in [1.807, 2.05) is 0 Å². The van der Waals surface area contributed by atoms with Crippen LogP contribution in [0.2, 0.25) is 0 Å². The van der Waals surface area contributed by atoms with Gasteiger partial charge in [-0.3, -0.25) is 0 Å². The molecule has 3 heteroatoms. The Labute approximate surface area is 52.3 Å². The molecular weight excluding hydrogens is 118 g/mol. The summed E-state index contributed by atoms with van der Waals surface area (Å²) in [6, 6.07) is 0. The molecular formula is C6H7NO2. The summed E-state index contributed by atoms with van der Waals surface area (Å²) < 4.78 is 4.47. The van der Waals surface area contributed by atoms with Crippen molar-refractivity contribution >= 4 is 0 Å². The molecule has 0 amide bonds. The molecule has 1 rings (SSSR count). The fourth-order valence-corrected chi connectivity index (χ4v) is 0.486. The fourth-order valence-electron chi connectivity index (χ4n) is 0.486. The summed E-state index contributed by atoms with van der Waals surface area (Å²) in [5, 5.41) is 0. The third-order valence-electron chi connectivity index (χ3n) is 1.25. The van der Waals surface area contributed by atoms with Crippen LogP contribution in [0.3, 0.4) is 0 Å². The summed E-state index contributed by atoms with van der Waals surface area (Å²) in [5.41, 5.74) is 1.01. The van der Waals surface area contributed by atoms with Crippen molar-refractivity contribution in [2.75, 3.05) is 0 Å². The van der Waals surface area contributed by atoms with Gasteiger partial charge in [0.2, 0.25) is 0 Å². The number of aryl methyl sites for hydroxylation is 1. The van der Waals surface area contributed by atoms with Crippen molar-refractivity contribution in [2.45, 2.75) is 13.8 Å². The van der Waals surface area contributed by atoms with Crippen molar-refractivity contribution in [3.05, 3.63) is 28.1 Å². The smallest absolute Gasteiger partial charge is 0.341 e. The van der Waals surface area contributed by atoms with Crippen molar-refractivity contribution in [3.63, 3.8) is 0 Å². The maximum atomic E-state index is 10.6. The van der Waals surface area contributed by atoms with Crippen molar-refractivity contribution in [1.29, 1.82) is 0 Å². The Morgan fingerprint density at radius 1 is 1.56 bits per heavy atom. The fraction of sp³-hybridized carbons (Fsp3) is 0.333. The molecule has 0 bridgehead atoms. The zero-order valence-corrected chi connectivity index (χ0v) is 5.34. The molecule has 1 aromatic heterocycles. The maximum absolute atomic E-state index is 10.6. The average Bonchev–Trinajstić information content (AvgIpc) is 1.83. The van der Waals surface area contributed by atoms with Crippen LogP contribution in [-0.2, 0) is 0 Å². The first-order valence-electron chi connectivity index (χ1n) is 2.63. The van der Waals surface area contributed by atoms with Crippen LogP contribution in [0.5, 0.6) is 0 Å². The van der Waals surface area contributed by atoms with Crippen LogP contribution in [-0.4, -0.2) is 4.98 Å². The van der Waals surface area contributed by atoms with E-state index in [2.05, 4.69) is 9.40 Å². The molecule has 0 saturated carbocycles. The molecule has 3 nitrogen and oxygen atoms in total. The van der Waals surface area contributed by atoms with Gasteiger partial charge in [0, 0.05) is 0 Å². The highest BCUT2D eigenvalue weighted by molar-refractivity contribution is 5.09. The van der Waals surface area contributed by atoms with Gasteiger partial charge in [0.25, 0.3) is 0 Å². The minimum absolute atomic E-state index is 0.303. The zero-order chi connectivity index (χ0) is 6.85. The molecule has 0 atom stereocenters. The van der Waals surface area contributed by atoms with Gasteiger partial charge < -0.3 is 4.42 Å². The minimum Gasteiger partial charge on any atom is -0.411 e. The predicted octanol–water partition coefficient (Wildman–Crippen LogP) is 0.652. The second-order valence-corrected chi connectivity index (χ2v) is 1.85. The highest BCUT2D eigenvalue weighted by Gasteiger charge is 1.96. The highest BCUT2D eigenvalue weighted by atomic mass is 16.4. The van der Waals surface area contributed by atoms with Gasteiger partial charge in [-0.2, -0.15) is 0 Å². The first kappa shape index (κ1) is 6.01. The second kappa shape index (κ2) is 2.01. The summed E-state index contributed by atoms with van der Waals surface area (Å²) in [6.07, 6.45) is 1.16. The van der Waals surface area contributed by atoms with Crippen LogP contribution in [0, 0.1) is 13.8 Å². The van der Waals surface area contributed by atoms with E-state index >= 15 is 0 Å². The van der Waals surface area contributed by atoms with Gasteiger partial charge >= 0.3 is 5.63 Å². The lowest BCUT2D eigenvalue weighted by Gasteiger charge is -1.90. The van der Waals surface area contributed by atoms with Crippen molar-refractivity contribution in [1.82, 2.24) is 4.98 Å². The minimum atomic E-state index is -0.303. The summed E-state index contributed by atoms with van der Waals surface area (Å²) in [4.78, 5) is 14.4. The Hall–Kier alpha value is -1.12. The van der Waals surface area contributed by atoms with Gasteiger partial charge in [-0.1, -0.05) is 0 Å². The molecule has 9 heavy (non-hydrogen) atoms. The van der Waals surface area contributed by atoms with Gasteiger partial charge in [0.1, 0.15) is 0 Å². The molecule has 0 spiro atoms. The lowest BCUT2D eigenvalue weighted by Crippen LogP contribution is -2.05. The highest BCUT2D eigenvalue weighted by Crippen LogP contribution is 1.92. The Balaban J connectivity index is 3.43. The van der Waals surface area contributed by atoms with E-state index in [0.29, 0.717) is 5.56 Å². The number of aromatic nitrogens is 1. The Morgan fingerprint density at radius 3 is 2.67 bits per heavy atom. The summed E-state index contributed by atoms with van der Waals surface area (Å²) in [5.74, 6) is 0. The van der Waals surface area contributed by atoms with Gasteiger partial charge in [-0.15, -0.1) is 0 Å². The standard InChI is InChI=1S/C6H7NO2/c1-4-5(2)7-3-9-6(4)8/h3H,1-2H3. The Bertz CT molecular complexity index is 264. The maximum Gasteiger partial charge on any atom is 0.341 e. The largest absolute Gasteiger partial charge is 0.411 e. The van der Waals surface area contributed by atoms with Crippen molar-refractivity contribution in [3.8, 4) is 0 Å². The first-order valence-corrected chi connectivity index (χ1v) is 2.63. The van der Waals surface area contributed by atoms with Crippen LogP contribution in [0.15, 0.2) is 15.6 Å². The molecule has 48 valence electrons. The molecule has 0 aliphatic carbocycles. The Morgan fingerprint density at radius 2 is 2.22 bits per heavy atom. The lowest BCUT2D eigenvalue weighted by molar-refractivity contribution is 0.481. The van der Waals surface area contributed by atoms with E-state index in [-0.39, 0.29) is 5.63 Å². The number of hydrogen-bond acceptors (Lipinski definition) is 3. The van der Waals surface area contributed by atoms with E-state index in [0.717, 1.165) is 12.1 Å². The second-order valence-electron chi connectivity index (χ2n) is 1.85. The van der Waals surface area contributed by atoms with E-state index in [1.54, 1.807) is 13.8 Å². The normalized spacial score (nSPS) is 9.56. The molecule has 0 aliphatic heterocycles. The van der Waals surface area contributed by atoms with Crippen LogP contribution >= 0.6 is 0 Å². The van der Waals surface area contributed by atoms with Crippen molar-refractivity contribution < 1.29 is 4.42 Å². The summed E-state index contributed by atoms with van der Waals surface area (Å²) in [6.45, 7) is 3.46. The average molecular weight is 125 g/mol. The third-order valence-corrected chi connectivity index (χ3v) is 1.25. The zero-order valence-electron chi connectivity index (χ0n) is 5.34. The van der Waals surface area contributed by atoms with Crippen molar-refractivity contribution in [2.24, 2.45) is 0 Å². The topological polar surface area (TPSA) is 43.1 Å². The van der Waals surface area contributed by atoms with Gasteiger partial charge in [-0.05, 0) is 13.8 Å². The summed E-state index contributed by atoms with van der Waals surface area (Å²) >= 11 is 0.